The highest BCUT2D eigenvalue weighted by Crippen LogP contribution is 2.21. The zero-order chi connectivity index (χ0) is 12.3. The van der Waals surface area contributed by atoms with Crippen LogP contribution in [0, 0.1) is 0 Å². The number of nitrogens with two attached hydrogens (primary N) is 1. The highest BCUT2D eigenvalue weighted by molar-refractivity contribution is 7.16. The van der Waals surface area contributed by atoms with Gasteiger partial charge in [-0.2, -0.15) is 0 Å². The fourth-order valence-corrected chi connectivity index (χ4v) is 2.44. The van der Waals surface area contributed by atoms with Crippen molar-refractivity contribution in [3.8, 4) is 0 Å². The van der Waals surface area contributed by atoms with Gasteiger partial charge in [-0.15, -0.1) is 11.3 Å². The van der Waals surface area contributed by atoms with E-state index in [9.17, 15) is 4.79 Å². The second-order valence-corrected chi connectivity index (χ2v) is 5.28. The molecule has 2 aromatic rings. The van der Waals surface area contributed by atoms with Crippen molar-refractivity contribution in [2.24, 2.45) is 0 Å². The van der Waals surface area contributed by atoms with Crippen LogP contribution in [0.4, 0.5) is 5.69 Å². The molecule has 0 aliphatic heterocycles. The number of anilines is 1. The van der Waals surface area contributed by atoms with Crippen molar-refractivity contribution >= 4 is 34.5 Å². The van der Waals surface area contributed by atoms with Crippen molar-refractivity contribution in [3.05, 3.63) is 51.2 Å². The molecule has 0 spiro atoms. The molecule has 0 saturated heterocycles. The minimum Gasteiger partial charge on any atom is -0.398 e. The monoisotopic (exact) mass is 266 g/mol. The van der Waals surface area contributed by atoms with Crippen LogP contribution < -0.4 is 11.1 Å². The highest BCUT2D eigenvalue weighted by Gasteiger charge is 2.08. The van der Waals surface area contributed by atoms with Crippen molar-refractivity contribution in [1.82, 2.24) is 5.32 Å². The SMILES string of the molecule is Nc1ccccc1C(=O)NCc1ccc(Cl)s1. The first kappa shape index (κ1) is 12.0. The Kier molecular flexibility index (Phi) is 3.66. The molecule has 0 fully saturated rings. The number of thiophene rings is 1. The molecule has 1 aromatic carbocycles. The van der Waals surface area contributed by atoms with E-state index < -0.39 is 0 Å². The van der Waals surface area contributed by atoms with Gasteiger partial charge in [-0.1, -0.05) is 23.7 Å². The minimum absolute atomic E-state index is 0.173. The number of benzene rings is 1. The van der Waals surface area contributed by atoms with Crippen LogP contribution in [0.2, 0.25) is 4.34 Å². The molecule has 2 rings (SSSR count). The van der Waals surface area contributed by atoms with Crippen molar-refractivity contribution in [2.45, 2.75) is 6.54 Å². The lowest BCUT2D eigenvalue weighted by Crippen LogP contribution is -2.23. The van der Waals surface area contributed by atoms with Crippen LogP contribution in [-0.2, 0) is 6.54 Å². The molecule has 3 nitrogen and oxygen atoms in total. The molecule has 1 amide bonds. The molecule has 0 aliphatic carbocycles. The third-order valence-electron chi connectivity index (χ3n) is 2.26. The predicted molar refractivity (Wildman–Crippen MR) is 71.4 cm³/mol. The maximum Gasteiger partial charge on any atom is 0.253 e. The molecule has 88 valence electrons. The van der Waals surface area contributed by atoms with Crippen molar-refractivity contribution in [1.29, 1.82) is 0 Å². The number of hydrogen-bond donors (Lipinski definition) is 2. The Morgan fingerprint density at radius 1 is 1.29 bits per heavy atom. The lowest BCUT2D eigenvalue weighted by atomic mass is 10.1. The van der Waals surface area contributed by atoms with Gasteiger partial charge >= 0.3 is 0 Å². The fourth-order valence-electron chi connectivity index (χ4n) is 1.41. The molecular weight excluding hydrogens is 256 g/mol. The quantitative estimate of drug-likeness (QED) is 0.840. The molecule has 1 heterocycles. The van der Waals surface area contributed by atoms with Crippen LogP contribution in [0.1, 0.15) is 15.2 Å². The van der Waals surface area contributed by atoms with E-state index in [1.54, 1.807) is 24.3 Å². The normalized spacial score (nSPS) is 10.2. The summed E-state index contributed by atoms with van der Waals surface area (Å²) in [6.45, 7) is 0.463. The summed E-state index contributed by atoms with van der Waals surface area (Å²) in [5.41, 5.74) is 6.69. The maximum atomic E-state index is 11.8. The number of carbonyl (C=O) groups excluding carboxylic acids is 1. The summed E-state index contributed by atoms with van der Waals surface area (Å²) in [5, 5.41) is 2.80. The van der Waals surface area contributed by atoms with Crippen LogP contribution in [-0.4, -0.2) is 5.91 Å². The summed E-state index contributed by atoms with van der Waals surface area (Å²) in [6, 6.07) is 10.7. The molecule has 3 N–H and O–H groups in total. The predicted octanol–water partition coefficient (Wildman–Crippen LogP) is 2.91. The van der Waals surface area contributed by atoms with Crippen LogP contribution in [0.5, 0.6) is 0 Å². The number of halogens is 1. The van der Waals surface area contributed by atoms with Gasteiger partial charge in [0.25, 0.3) is 5.91 Å². The number of amides is 1. The summed E-state index contributed by atoms with van der Waals surface area (Å²) >= 11 is 7.25. The van der Waals surface area contributed by atoms with Gasteiger partial charge in [-0.3, -0.25) is 4.79 Å². The zero-order valence-electron chi connectivity index (χ0n) is 8.94. The Hall–Kier alpha value is -1.52. The average Bonchev–Trinajstić information content (AvgIpc) is 2.73. The van der Waals surface area contributed by atoms with Crippen molar-refractivity contribution < 1.29 is 4.79 Å². The first-order valence-corrected chi connectivity index (χ1v) is 6.23. The largest absolute Gasteiger partial charge is 0.398 e. The fraction of sp³-hybridized carbons (Fsp3) is 0.0833. The van der Waals surface area contributed by atoms with Crippen molar-refractivity contribution in [3.63, 3.8) is 0 Å². The van der Waals surface area contributed by atoms with Gasteiger partial charge in [0.1, 0.15) is 0 Å². The molecule has 1 aromatic heterocycles. The summed E-state index contributed by atoms with van der Waals surface area (Å²) in [4.78, 5) is 12.8. The second-order valence-electron chi connectivity index (χ2n) is 3.48. The van der Waals surface area contributed by atoms with E-state index in [-0.39, 0.29) is 5.91 Å². The maximum absolute atomic E-state index is 11.8. The minimum atomic E-state index is -0.173. The first-order valence-electron chi connectivity index (χ1n) is 5.04. The molecule has 0 atom stereocenters. The molecule has 5 heteroatoms. The molecule has 17 heavy (non-hydrogen) atoms. The summed E-state index contributed by atoms with van der Waals surface area (Å²) in [6.07, 6.45) is 0. The Balaban J connectivity index is 2.01. The van der Waals surface area contributed by atoms with E-state index in [2.05, 4.69) is 5.32 Å². The van der Waals surface area contributed by atoms with E-state index >= 15 is 0 Å². The Labute approximate surface area is 108 Å². The highest BCUT2D eigenvalue weighted by atomic mass is 35.5. The summed E-state index contributed by atoms with van der Waals surface area (Å²) < 4.78 is 0.716. The Morgan fingerprint density at radius 2 is 2.06 bits per heavy atom. The third-order valence-corrected chi connectivity index (χ3v) is 3.49. The number of para-hydroxylation sites is 1. The lowest BCUT2D eigenvalue weighted by molar-refractivity contribution is 0.0952. The van der Waals surface area contributed by atoms with Crippen molar-refractivity contribution in [2.75, 3.05) is 5.73 Å². The number of nitrogen functional groups attached to an aromatic ring is 1. The zero-order valence-corrected chi connectivity index (χ0v) is 10.5. The molecule has 0 aliphatic rings. The summed E-state index contributed by atoms with van der Waals surface area (Å²) in [5.74, 6) is -0.173. The molecular formula is C12H11ClN2OS. The van der Waals surface area contributed by atoms with Crippen LogP contribution in [0.15, 0.2) is 36.4 Å². The second kappa shape index (κ2) is 5.21. The smallest absolute Gasteiger partial charge is 0.253 e. The van der Waals surface area contributed by atoms with Gasteiger partial charge in [-0.05, 0) is 24.3 Å². The van der Waals surface area contributed by atoms with Crippen LogP contribution in [0.3, 0.4) is 0 Å². The number of rotatable bonds is 3. The van der Waals surface area contributed by atoms with Gasteiger partial charge in [0, 0.05) is 10.6 Å². The standard InChI is InChI=1S/C12H11ClN2OS/c13-11-6-5-8(17-11)7-15-12(16)9-3-1-2-4-10(9)14/h1-6H,7,14H2,(H,15,16). The number of nitrogens with one attached hydrogen (secondary N) is 1. The van der Waals surface area contributed by atoms with Gasteiger partial charge in [-0.25, -0.2) is 0 Å². The molecule has 0 bridgehead atoms. The topological polar surface area (TPSA) is 55.1 Å². The first-order chi connectivity index (χ1) is 8.16. The van der Waals surface area contributed by atoms with E-state index in [1.807, 2.05) is 12.1 Å². The Bertz CT molecular complexity index is 539. The van der Waals surface area contributed by atoms with E-state index in [0.29, 0.717) is 22.1 Å². The third kappa shape index (κ3) is 2.99. The van der Waals surface area contributed by atoms with Gasteiger partial charge in [0.15, 0.2) is 0 Å². The average molecular weight is 267 g/mol. The van der Waals surface area contributed by atoms with Gasteiger partial charge < -0.3 is 11.1 Å². The van der Waals surface area contributed by atoms with Crippen LogP contribution in [0.25, 0.3) is 0 Å². The van der Waals surface area contributed by atoms with E-state index in [0.717, 1.165) is 4.88 Å². The number of hydrogen-bond acceptors (Lipinski definition) is 3. The number of carbonyl (C=O) groups is 1. The Morgan fingerprint density at radius 3 is 2.71 bits per heavy atom. The molecule has 0 radical (unpaired) electrons. The van der Waals surface area contributed by atoms with Gasteiger partial charge in [0.05, 0.1) is 16.4 Å². The summed E-state index contributed by atoms with van der Waals surface area (Å²) in [7, 11) is 0. The van der Waals surface area contributed by atoms with Gasteiger partial charge in [0.2, 0.25) is 0 Å². The van der Waals surface area contributed by atoms with E-state index in [1.165, 1.54) is 11.3 Å². The lowest BCUT2D eigenvalue weighted by Gasteiger charge is -2.05. The van der Waals surface area contributed by atoms with Crippen LogP contribution >= 0.6 is 22.9 Å². The molecule has 0 unspecified atom stereocenters. The van der Waals surface area contributed by atoms with E-state index in [4.69, 9.17) is 17.3 Å². The molecule has 0 saturated carbocycles.